The van der Waals surface area contributed by atoms with Crippen LogP contribution in [0.15, 0.2) is 42.5 Å². The van der Waals surface area contributed by atoms with E-state index >= 15 is 0 Å². The molecule has 0 aromatic heterocycles. The third-order valence-electron chi connectivity index (χ3n) is 4.37. The summed E-state index contributed by atoms with van der Waals surface area (Å²) < 4.78 is 27.5. The third-order valence-corrected chi connectivity index (χ3v) is 4.37. The molecule has 1 aliphatic heterocycles. The third kappa shape index (κ3) is 3.03. The SMILES string of the molecule is Cc1cc([C@H]2CN(Cc3ccccc3)C[C@@H]2N)c(F)cc1F. The van der Waals surface area contributed by atoms with Gasteiger partial charge in [0.05, 0.1) is 0 Å². The quantitative estimate of drug-likeness (QED) is 0.943. The maximum absolute atomic E-state index is 14.1. The number of nitrogens with two attached hydrogens (primary N) is 1. The summed E-state index contributed by atoms with van der Waals surface area (Å²) in [6, 6.07) is 12.6. The van der Waals surface area contributed by atoms with Gasteiger partial charge in [-0.3, -0.25) is 4.90 Å². The lowest BCUT2D eigenvalue weighted by atomic mass is 9.93. The minimum Gasteiger partial charge on any atom is -0.326 e. The van der Waals surface area contributed by atoms with Crippen LogP contribution in [0.1, 0.15) is 22.6 Å². The number of benzene rings is 2. The van der Waals surface area contributed by atoms with Crippen molar-refractivity contribution < 1.29 is 8.78 Å². The summed E-state index contributed by atoms with van der Waals surface area (Å²) >= 11 is 0. The van der Waals surface area contributed by atoms with Gasteiger partial charge in [-0.1, -0.05) is 30.3 Å². The second-order valence-corrected chi connectivity index (χ2v) is 6.07. The molecule has 0 unspecified atom stereocenters. The number of likely N-dealkylation sites (tertiary alicyclic amines) is 1. The lowest BCUT2D eigenvalue weighted by molar-refractivity contribution is 0.323. The van der Waals surface area contributed by atoms with Crippen LogP contribution in [-0.4, -0.2) is 24.0 Å². The summed E-state index contributed by atoms with van der Waals surface area (Å²) in [7, 11) is 0. The Morgan fingerprint density at radius 2 is 1.82 bits per heavy atom. The van der Waals surface area contributed by atoms with Crippen molar-refractivity contribution in [3.8, 4) is 0 Å². The second kappa shape index (κ2) is 6.15. The molecule has 3 rings (SSSR count). The molecular weight excluding hydrogens is 282 g/mol. The Morgan fingerprint density at radius 3 is 2.55 bits per heavy atom. The van der Waals surface area contributed by atoms with Crippen LogP contribution in [-0.2, 0) is 6.54 Å². The Bertz CT molecular complexity index is 658. The van der Waals surface area contributed by atoms with E-state index in [0.717, 1.165) is 19.2 Å². The molecule has 22 heavy (non-hydrogen) atoms. The van der Waals surface area contributed by atoms with E-state index in [-0.39, 0.29) is 12.0 Å². The molecule has 2 atom stereocenters. The van der Waals surface area contributed by atoms with Gasteiger partial charge in [0.15, 0.2) is 0 Å². The zero-order valence-corrected chi connectivity index (χ0v) is 12.6. The average Bonchev–Trinajstić information content (AvgIpc) is 2.84. The lowest BCUT2D eigenvalue weighted by Crippen LogP contribution is -2.29. The van der Waals surface area contributed by atoms with Crippen LogP contribution >= 0.6 is 0 Å². The molecule has 1 heterocycles. The first kappa shape index (κ1) is 15.1. The first-order valence-electron chi connectivity index (χ1n) is 7.52. The molecule has 1 fully saturated rings. The van der Waals surface area contributed by atoms with Crippen molar-refractivity contribution in [3.05, 3.63) is 70.8 Å². The zero-order valence-electron chi connectivity index (χ0n) is 12.6. The Hall–Kier alpha value is -1.78. The second-order valence-electron chi connectivity index (χ2n) is 6.07. The highest BCUT2D eigenvalue weighted by molar-refractivity contribution is 5.31. The number of nitrogens with zero attached hydrogens (tertiary/aromatic N) is 1. The van der Waals surface area contributed by atoms with E-state index in [1.165, 1.54) is 5.56 Å². The van der Waals surface area contributed by atoms with Crippen molar-refractivity contribution in [1.29, 1.82) is 0 Å². The normalized spacial score (nSPS) is 22.2. The maximum Gasteiger partial charge on any atom is 0.129 e. The van der Waals surface area contributed by atoms with Crippen molar-refractivity contribution in [2.24, 2.45) is 5.73 Å². The summed E-state index contributed by atoms with van der Waals surface area (Å²) in [6.45, 7) is 3.86. The first-order valence-corrected chi connectivity index (χ1v) is 7.52. The zero-order chi connectivity index (χ0) is 15.7. The van der Waals surface area contributed by atoms with Crippen LogP contribution in [0.2, 0.25) is 0 Å². The highest BCUT2D eigenvalue weighted by atomic mass is 19.1. The summed E-state index contributed by atoms with van der Waals surface area (Å²) in [5.74, 6) is -1.10. The summed E-state index contributed by atoms with van der Waals surface area (Å²) in [5.41, 5.74) is 8.42. The molecule has 116 valence electrons. The first-order chi connectivity index (χ1) is 10.5. The molecule has 4 heteroatoms. The van der Waals surface area contributed by atoms with Crippen molar-refractivity contribution in [2.45, 2.75) is 25.4 Å². The monoisotopic (exact) mass is 302 g/mol. The van der Waals surface area contributed by atoms with Gasteiger partial charge in [0, 0.05) is 37.7 Å². The molecule has 2 aromatic carbocycles. The fraction of sp³-hybridized carbons (Fsp3) is 0.333. The van der Waals surface area contributed by atoms with Gasteiger partial charge in [0.2, 0.25) is 0 Å². The predicted octanol–water partition coefficient (Wildman–Crippen LogP) is 3.20. The highest BCUT2D eigenvalue weighted by Gasteiger charge is 2.33. The van der Waals surface area contributed by atoms with Gasteiger partial charge in [0.25, 0.3) is 0 Å². The number of rotatable bonds is 3. The minimum atomic E-state index is -0.506. The van der Waals surface area contributed by atoms with E-state index in [0.29, 0.717) is 17.7 Å². The predicted molar refractivity (Wildman–Crippen MR) is 83.5 cm³/mol. The maximum atomic E-state index is 14.1. The molecule has 2 N–H and O–H groups in total. The van der Waals surface area contributed by atoms with Crippen LogP contribution < -0.4 is 5.73 Å². The van der Waals surface area contributed by atoms with Crippen LogP contribution in [0.3, 0.4) is 0 Å². The van der Waals surface area contributed by atoms with E-state index in [1.807, 2.05) is 18.2 Å². The van der Waals surface area contributed by atoms with Gasteiger partial charge in [-0.05, 0) is 29.7 Å². The smallest absolute Gasteiger partial charge is 0.129 e. The van der Waals surface area contributed by atoms with Crippen molar-refractivity contribution in [2.75, 3.05) is 13.1 Å². The van der Waals surface area contributed by atoms with E-state index in [9.17, 15) is 8.78 Å². The molecule has 0 bridgehead atoms. The molecule has 0 amide bonds. The van der Waals surface area contributed by atoms with Crippen LogP contribution in [0.25, 0.3) is 0 Å². The van der Waals surface area contributed by atoms with Gasteiger partial charge < -0.3 is 5.73 Å². The molecule has 0 spiro atoms. The highest BCUT2D eigenvalue weighted by Crippen LogP contribution is 2.30. The molecular formula is C18H20F2N2. The molecule has 0 saturated carbocycles. The number of halogens is 2. The standard InChI is InChI=1S/C18H20F2N2/c1-12-7-14(17(20)8-16(12)19)15-10-22(11-18(15)21)9-13-5-3-2-4-6-13/h2-8,15,18H,9-11,21H2,1H3/t15-,18+/m1/s1. The summed E-state index contributed by atoms with van der Waals surface area (Å²) in [5, 5.41) is 0. The van der Waals surface area contributed by atoms with Gasteiger partial charge in [-0.25, -0.2) is 8.78 Å². The molecule has 1 aliphatic rings. The largest absolute Gasteiger partial charge is 0.326 e. The molecule has 1 saturated heterocycles. The number of aryl methyl sites for hydroxylation is 1. The Balaban J connectivity index is 1.78. The van der Waals surface area contributed by atoms with E-state index < -0.39 is 11.6 Å². The molecule has 2 nitrogen and oxygen atoms in total. The molecule has 0 radical (unpaired) electrons. The van der Waals surface area contributed by atoms with E-state index in [2.05, 4.69) is 17.0 Å². The fourth-order valence-corrected chi connectivity index (χ4v) is 3.18. The Kier molecular flexibility index (Phi) is 4.23. The van der Waals surface area contributed by atoms with Crippen LogP contribution in [0, 0.1) is 18.6 Å². The van der Waals surface area contributed by atoms with Gasteiger partial charge >= 0.3 is 0 Å². The fourth-order valence-electron chi connectivity index (χ4n) is 3.18. The topological polar surface area (TPSA) is 29.3 Å². The van der Waals surface area contributed by atoms with Crippen molar-refractivity contribution >= 4 is 0 Å². The molecule has 0 aliphatic carbocycles. The lowest BCUT2D eigenvalue weighted by Gasteiger charge is -2.17. The Labute approximate surface area is 129 Å². The summed E-state index contributed by atoms with van der Waals surface area (Å²) in [4.78, 5) is 2.22. The minimum absolute atomic E-state index is 0.0944. The van der Waals surface area contributed by atoms with Crippen LogP contribution in [0.4, 0.5) is 8.78 Å². The Morgan fingerprint density at radius 1 is 1.09 bits per heavy atom. The van der Waals surface area contributed by atoms with Crippen molar-refractivity contribution in [1.82, 2.24) is 4.90 Å². The number of hydrogen-bond acceptors (Lipinski definition) is 2. The van der Waals surface area contributed by atoms with Crippen molar-refractivity contribution in [3.63, 3.8) is 0 Å². The summed E-state index contributed by atoms with van der Waals surface area (Å²) in [6.07, 6.45) is 0. The van der Waals surface area contributed by atoms with E-state index in [1.54, 1.807) is 13.0 Å². The number of hydrogen-bond donors (Lipinski definition) is 1. The van der Waals surface area contributed by atoms with Gasteiger partial charge in [-0.15, -0.1) is 0 Å². The van der Waals surface area contributed by atoms with E-state index in [4.69, 9.17) is 5.73 Å². The van der Waals surface area contributed by atoms with Gasteiger partial charge in [-0.2, -0.15) is 0 Å². The molecule has 2 aromatic rings. The average molecular weight is 302 g/mol. The van der Waals surface area contributed by atoms with Gasteiger partial charge in [0.1, 0.15) is 11.6 Å². The van der Waals surface area contributed by atoms with Crippen LogP contribution in [0.5, 0.6) is 0 Å².